The highest BCUT2D eigenvalue weighted by Gasteiger charge is 2.25. The molecule has 0 radical (unpaired) electrons. The number of hydrogen-bond donors (Lipinski definition) is 0. The fourth-order valence-corrected chi connectivity index (χ4v) is 2.38. The van der Waals surface area contributed by atoms with Crippen molar-refractivity contribution >= 4 is 9.84 Å². The van der Waals surface area contributed by atoms with Crippen molar-refractivity contribution in [3.05, 3.63) is 0 Å². The second-order valence-electron chi connectivity index (χ2n) is 6.59. The molecule has 0 aromatic carbocycles. The highest BCUT2D eigenvalue weighted by molar-refractivity contribution is 7.90. The standard InChI is InChI=1S/C16H34O5S/c1-7-16(5,10-11-19-13-14-22(6,17)18)21-12-9-15(3,4)20-8-2/h7-14H2,1-6H3. The van der Waals surface area contributed by atoms with Crippen LogP contribution < -0.4 is 0 Å². The zero-order valence-corrected chi connectivity index (χ0v) is 15.9. The summed E-state index contributed by atoms with van der Waals surface area (Å²) in [5.41, 5.74) is -0.414. The molecule has 22 heavy (non-hydrogen) atoms. The lowest BCUT2D eigenvalue weighted by molar-refractivity contribution is -0.0867. The van der Waals surface area contributed by atoms with Gasteiger partial charge in [0, 0.05) is 19.5 Å². The molecule has 5 nitrogen and oxygen atoms in total. The summed E-state index contributed by atoms with van der Waals surface area (Å²) in [4.78, 5) is 0. The van der Waals surface area contributed by atoms with Crippen LogP contribution in [0.5, 0.6) is 0 Å². The van der Waals surface area contributed by atoms with E-state index in [0.717, 1.165) is 19.3 Å². The second kappa shape index (κ2) is 9.85. The molecule has 0 spiro atoms. The highest BCUT2D eigenvalue weighted by atomic mass is 32.2. The summed E-state index contributed by atoms with van der Waals surface area (Å²) in [5.74, 6) is 0.0687. The van der Waals surface area contributed by atoms with Gasteiger partial charge in [0.2, 0.25) is 0 Å². The van der Waals surface area contributed by atoms with Gasteiger partial charge in [0.15, 0.2) is 0 Å². The fraction of sp³-hybridized carbons (Fsp3) is 1.00. The molecule has 0 amide bonds. The lowest BCUT2D eigenvalue weighted by atomic mass is 9.99. The topological polar surface area (TPSA) is 61.8 Å². The molecule has 0 N–H and O–H groups in total. The van der Waals surface area contributed by atoms with Gasteiger partial charge in [-0.1, -0.05) is 6.92 Å². The quantitative estimate of drug-likeness (QED) is 0.483. The maximum Gasteiger partial charge on any atom is 0.149 e. The van der Waals surface area contributed by atoms with E-state index in [1.54, 1.807) is 0 Å². The molecule has 6 heteroatoms. The van der Waals surface area contributed by atoms with Crippen molar-refractivity contribution < 1.29 is 22.6 Å². The summed E-state index contributed by atoms with van der Waals surface area (Å²) >= 11 is 0. The Balaban J connectivity index is 4.03. The minimum Gasteiger partial charge on any atom is -0.380 e. The van der Waals surface area contributed by atoms with Gasteiger partial charge in [0.05, 0.1) is 30.2 Å². The molecule has 134 valence electrons. The van der Waals surface area contributed by atoms with E-state index in [0.29, 0.717) is 19.8 Å². The Morgan fingerprint density at radius 2 is 1.55 bits per heavy atom. The van der Waals surface area contributed by atoms with Gasteiger partial charge >= 0.3 is 0 Å². The van der Waals surface area contributed by atoms with Gasteiger partial charge in [-0.2, -0.15) is 0 Å². The summed E-state index contributed by atoms with van der Waals surface area (Å²) in [6, 6.07) is 0. The minimum absolute atomic E-state index is 0.0687. The Morgan fingerprint density at radius 1 is 0.909 bits per heavy atom. The first-order valence-electron chi connectivity index (χ1n) is 8.07. The van der Waals surface area contributed by atoms with E-state index in [9.17, 15) is 8.42 Å². The van der Waals surface area contributed by atoms with Crippen LogP contribution >= 0.6 is 0 Å². The van der Waals surface area contributed by atoms with E-state index in [1.807, 2.05) is 6.92 Å². The largest absolute Gasteiger partial charge is 0.380 e. The van der Waals surface area contributed by atoms with Crippen molar-refractivity contribution in [1.29, 1.82) is 0 Å². The summed E-state index contributed by atoms with van der Waals surface area (Å²) in [6.07, 6.45) is 3.70. The van der Waals surface area contributed by atoms with Crippen LogP contribution in [0, 0.1) is 0 Å². The lowest BCUT2D eigenvalue weighted by Gasteiger charge is -2.31. The van der Waals surface area contributed by atoms with Crippen molar-refractivity contribution in [2.45, 2.75) is 65.1 Å². The molecular weight excluding hydrogens is 304 g/mol. The normalized spacial score (nSPS) is 15.7. The van der Waals surface area contributed by atoms with E-state index < -0.39 is 9.84 Å². The van der Waals surface area contributed by atoms with E-state index in [4.69, 9.17) is 14.2 Å². The van der Waals surface area contributed by atoms with Crippen LogP contribution in [0.3, 0.4) is 0 Å². The average Bonchev–Trinajstić information content (AvgIpc) is 2.36. The first kappa shape index (κ1) is 21.8. The summed E-state index contributed by atoms with van der Waals surface area (Å²) in [7, 11) is -2.95. The number of rotatable bonds is 13. The average molecular weight is 339 g/mol. The molecule has 1 unspecified atom stereocenters. The van der Waals surface area contributed by atoms with Crippen LogP contribution in [0.25, 0.3) is 0 Å². The first-order valence-corrected chi connectivity index (χ1v) is 10.1. The molecule has 0 saturated carbocycles. The zero-order valence-electron chi connectivity index (χ0n) is 15.1. The number of sulfone groups is 1. The molecule has 0 aliphatic heterocycles. The predicted molar refractivity (Wildman–Crippen MR) is 90.1 cm³/mol. The zero-order chi connectivity index (χ0) is 17.3. The Labute approximate surface area is 136 Å². The van der Waals surface area contributed by atoms with Crippen molar-refractivity contribution in [2.75, 3.05) is 38.4 Å². The van der Waals surface area contributed by atoms with E-state index in [1.165, 1.54) is 6.26 Å². The molecule has 0 saturated heterocycles. The van der Waals surface area contributed by atoms with Crippen LogP contribution in [0.15, 0.2) is 0 Å². The van der Waals surface area contributed by atoms with Gasteiger partial charge in [0.1, 0.15) is 9.84 Å². The van der Waals surface area contributed by atoms with Crippen molar-refractivity contribution in [1.82, 2.24) is 0 Å². The minimum atomic E-state index is -2.95. The van der Waals surface area contributed by atoms with Gasteiger partial charge < -0.3 is 14.2 Å². The van der Waals surface area contributed by atoms with Crippen LogP contribution in [0.1, 0.15) is 53.9 Å². The molecule has 0 aromatic heterocycles. The van der Waals surface area contributed by atoms with E-state index in [-0.39, 0.29) is 23.6 Å². The van der Waals surface area contributed by atoms with Crippen molar-refractivity contribution in [3.63, 3.8) is 0 Å². The molecular formula is C16H34O5S. The molecule has 0 aliphatic carbocycles. The maximum atomic E-state index is 11.0. The predicted octanol–water partition coefficient (Wildman–Crippen LogP) is 2.83. The Morgan fingerprint density at radius 3 is 2.05 bits per heavy atom. The van der Waals surface area contributed by atoms with E-state index >= 15 is 0 Å². The van der Waals surface area contributed by atoms with Gasteiger partial charge in [-0.25, -0.2) is 8.42 Å². The Hall–Kier alpha value is -0.170. The summed E-state index contributed by atoms with van der Waals surface area (Å²) in [5, 5.41) is 0. The van der Waals surface area contributed by atoms with Gasteiger partial charge in [-0.3, -0.25) is 0 Å². The highest BCUT2D eigenvalue weighted by Crippen LogP contribution is 2.22. The molecule has 0 aliphatic rings. The third-order valence-electron chi connectivity index (χ3n) is 3.81. The molecule has 1 atom stereocenters. The Kier molecular flexibility index (Phi) is 9.78. The van der Waals surface area contributed by atoms with Crippen molar-refractivity contribution in [3.8, 4) is 0 Å². The first-order chi connectivity index (χ1) is 10.0. The smallest absolute Gasteiger partial charge is 0.149 e. The van der Waals surface area contributed by atoms with Crippen LogP contribution in [-0.4, -0.2) is 58.1 Å². The molecule has 0 fully saturated rings. The maximum absolute atomic E-state index is 11.0. The summed E-state index contributed by atoms with van der Waals surface area (Å²) < 4.78 is 39.1. The second-order valence-corrected chi connectivity index (χ2v) is 8.85. The lowest BCUT2D eigenvalue weighted by Crippen LogP contribution is -2.33. The van der Waals surface area contributed by atoms with Crippen molar-refractivity contribution in [2.24, 2.45) is 0 Å². The molecule has 0 bridgehead atoms. The molecule has 0 aromatic rings. The third kappa shape index (κ3) is 11.4. The van der Waals surface area contributed by atoms with Crippen LogP contribution in [0.4, 0.5) is 0 Å². The molecule has 0 heterocycles. The fourth-order valence-electron chi connectivity index (χ4n) is 1.96. The summed E-state index contributed by atoms with van der Waals surface area (Å²) in [6.45, 7) is 12.4. The SMILES string of the molecule is CCOC(C)(C)CCOC(C)(CC)CCOCCS(C)(=O)=O. The monoisotopic (exact) mass is 338 g/mol. The van der Waals surface area contributed by atoms with E-state index in [2.05, 4.69) is 27.7 Å². The van der Waals surface area contributed by atoms with Gasteiger partial charge in [-0.05, 0) is 47.0 Å². The number of ether oxygens (including phenoxy) is 3. The number of hydrogen-bond acceptors (Lipinski definition) is 5. The Bertz CT molecular complexity index is 391. The van der Waals surface area contributed by atoms with Crippen LogP contribution in [-0.2, 0) is 24.0 Å². The van der Waals surface area contributed by atoms with Gasteiger partial charge in [0.25, 0.3) is 0 Å². The van der Waals surface area contributed by atoms with Gasteiger partial charge in [-0.15, -0.1) is 0 Å². The molecule has 0 rings (SSSR count). The van der Waals surface area contributed by atoms with Crippen LogP contribution in [0.2, 0.25) is 0 Å². The third-order valence-corrected chi connectivity index (χ3v) is 4.72.